The molecule has 0 bridgehead atoms. The summed E-state index contributed by atoms with van der Waals surface area (Å²) in [6.45, 7) is 0. The van der Waals surface area contributed by atoms with Gasteiger partial charge in [-0.1, -0.05) is 243 Å². The van der Waals surface area contributed by atoms with E-state index in [-0.39, 0.29) is 0 Å². The number of hydrogen-bond acceptors (Lipinski definition) is 0. The third-order valence-electron chi connectivity index (χ3n) is 16.6. The molecule has 0 aliphatic rings. The van der Waals surface area contributed by atoms with Crippen LogP contribution >= 0.6 is 0 Å². The van der Waals surface area contributed by atoms with Crippen molar-refractivity contribution >= 4 is 97.0 Å². The zero-order valence-electron chi connectivity index (χ0n) is 41.6. The van der Waals surface area contributed by atoms with Gasteiger partial charge in [-0.25, -0.2) is 0 Å². The average molecular weight is 959 g/mol. The monoisotopic (exact) mass is 958 g/mol. The second kappa shape index (κ2) is 16.8. The summed E-state index contributed by atoms with van der Waals surface area (Å²) in [5.41, 5.74) is 14.8. The van der Waals surface area contributed by atoms with Gasteiger partial charge >= 0.3 is 0 Å². The van der Waals surface area contributed by atoms with Crippen LogP contribution in [0.5, 0.6) is 0 Å². The van der Waals surface area contributed by atoms with Crippen molar-refractivity contribution < 1.29 is 0 Å². The Kier molecular flexibility index (Phi) is 9.44. The van der Waals surface area contributed by atoms with Crippen molar-refractivity contribution in [2.75, 3.05) is 0 Å². The number of fused-ring (bicyclic) bond motifs is 8. The molecule has 0 atom stereocenters. The summed E-state index contributed by atoms with van der Waals surface area (Å²) in [5, 5.41) is 22.7. The lowest BCUT2D eigenvalue weighted by atomic mass is 9.81. The third kappa shape index (κ3) is 6.51. The topological polar surface area (TPSA) is 0 Å². The van der Waals surface area contributed by atoms with E-state index in [1.165, 1.54) is 164 Å². The van der Waals surface area contributed by atoms with E-state index in [9.17, 15) is 0 Å². The number of rotatable bonds is 6. The van der Waals surface area contributed by atoms with Gasteiger partial charge in [0.1, 0.15) is 0 Å². The first-order valence-corrected chi connectivity index (χ1v) is 26.5. The molecule has 16 rings (SSSR count). The van der Waals surface area contributed by atoms with Gasteiger partial charge in [-0.2, -0.15) is 0 Å². The van der Waals surface area contributed by atoms with Gasteiger partial charge in [-0.05, 0) is 200 Å². The van der Waals surface area contributed by atoms with E-state index in [1.54, 1.807) is 0 Å². The van der Waals surface area contributed by atoms with Crippen LogP contribution < -0.4 is 0 Å². The second-order valence-electron chi connectivity index (χ2n) is 20.6. The van der Waals surface area contributed by atoms with Gasteiger partial charge in [0.15, 0.2) is 0 Å². The van der Waals surface area contributed by atoms with Crippen molar-refractivity contribution in [3.8, 4) is 66.8 Å². The summed E-state index contributed by atoms with van der Waals surface area (Å²) in [6.07, 6.45) is 0. The molecule has 0 saturated heterocycles. The minimum Gasteiger partial charge on any atom is -0.0622 e. The van der Waals surface area contributed by atoms with Crippen molar-refractivity contribution in [1.82, 2.24) is 0 Å². The van der Waals surface area contributed by atoms with Crippen LogP contribution in [-0.4, -0.2) is 0 Å². The molecule has 0 heterocycles. The first kappa shape index (κ1) is 42.6. The maximum Gasteiger partial charge on any atom is -0.00137 e. The molecule has 0 N–H and O–H groups in total. The van der Waals surface area contributed by atoms with Crippen molar-refractivity contribution in [1.29, 1.82) is 0 Å². The molecule has 16 aromatic carbocycles. The van der Waals surface area contributed by atoms with E-state index in [2.05, 4.69) is 279 Å². The Bertz CT molecular complexity index is 5010. The van der Waals surface area contributed by atoms with Gasteiger partial charge in [0.05, 0.1) is 0 Å². The Morgan fingerprint density at radius 1 is 0.132 bits per heavy atom. The van der Waals surface area contributed by atoms with Gasteiger partial charge < -0.3 is 0 Å². The van der Waals surface area contributed by atoms with Crippen LogP contribution in [0.3, 0.4) is 0 Å². The van der Waals surface area contributed by atoms with E-state index in [1.807, 2.05) is 0 Å². The smallest absolute Gasteiger partial charge is 0.00137 e. The molecule has 0 heteroatoms. The molecule has 0 nitrogen and oxygen atoms in total. The lowest BCUT2D eigenvalue weighted by molar-refractivity contribution is 1.63. The van der Waals surface area contributed by atoms with E-state index in [0.717, 1.165) is 0 Å². The Balaban J connectivity index is 0.988. The van der Waals surface area contributed by atoms with E-state index in [0.29, 0.717) is 0 Å². The van der Waals surface area contributed by atoms with Gasteiger partial charge in [0.25, 0.3) is 0 Å². The van der Waals surface area contributed by atoms with Crippen LogP contribution in [0.2, 0.25) is 0 Å². The Morgan fingerprint density at radius 3 is 1.05 bits per heavy atom. The lowest BCUT2D eigenvalue weighted by Crippen LogP contribution is -1.95. The first-order valence-electron chi connectivity index (χ1n) is 26.5. The van der Waals surface area contributed by atoms with Crippen LogP contribution in [0.4, 0.5) is 0 Å². The van der Waals surface area contributed by atoms with E-state index < -0.39 is 0 Å². The fraction of sp³-hybridized carbons (Fsp3) is 0. The lowest BCUT2D eigenvalue weighted by Gasteiger charge is -2.22. The summed E-state index contributed by atoms with van der Waals surface area (Å²) in [5.74, 6) is 0. The molecule has 0 aliphatic heterocycles. The molecule has 0 unspecified atom stereocenters. The molecule has 76 heavy (non-hydrogen) atoms. The predicted octanol–water partition coefficient (Wildman–Crippen LogP) is 21.5. The molecule has 0 radical (unpaired) electrons. The van der Waals surface area contributed by atoms with Crippen LogP contribution in [0.1, 0.15) is 0 Å². The minimum atomic E-state index is 1.20. The van der Waals surface area contributed by atoms with E-state index in [4.69, 9.17) is 0 Å². The van der Waals surface area contributed by atoms with Crippen molar-refractivity contribution in [3.63, 3.8) is 0 Å². The van der Waals surface area contributed by atoms with Crippen LogP contribution in [0.25, 0.3) is 164 Å². The normalized spacial score (nSPS) is 11.9. The highest BCUT2D eigenvalue weighted by molar-refractivity contribution is 6.33. The molecule has 0 saturated carbocycles. The first-order chi connectivity index (χ1) is 37.7. The summed E-state index contributed by atoms with van der Waals surface area (Å²) < 4.78 is 0. The molecule has 350 valence electrons. The van der Waals surface area contributed by atoms with Crippen LogP contribution in [-0.2, 0) is 0 Å². The van der Waals surface area contributed by atoms with Crippen molar-refractivity contribution in [2.45, 2.75) is 0 Å². The van der Waals surface area contributed by atoms with Gasteiger partial charge in [-0.15, -0.1) is 0 Å². The van der Waals surface area contributed by atoms with Gasteiger partial charge in [0.2, 0.25) is 0 Å². The zero-order valence-corrected chi connectivity index (χ0v) is 41.6. The highest BCUT2D eigenvalue weighted by atomic mass is 14.3. The zero-order chi connectivity index (χ0) is 49.8. The fourth-order valence-corrected chi connectivity index (χ4v) is 13.1. The highest BCUT2D eigenvalue weighted by Crippen LogP contribution is 2.50. The van der Waals surface area contributed by atoms with Gasteiger partial charge in [-0.3, -0.25) is 0 Å². The highest BCUT2D eigenvalue weighted by Gasteiger charge is 2.23. The predicted molar refractivity (Wildman–Crippen MR) is 328 cm³/mol. The molecule has 0 aliphatic carbocycles. The third-order valence-corrected chi connectivity index (χ3v) is 16.6. The van der Waals surface area contributed by atoms with E-state index >= 15 is 0 Å². The Morgan fingerprint density at radius 2 is 0.513 bits per heavy atom. The summed E-state index contributed by atoms with van der Waals surface area (Å²) in [7, 11) is 0. The molecular weight excluding hydrogens is 913 g/mol. The minimum absolute atomic E-state index is 1.20. The molecule has 16 aromatic rings. The van der Waals surface area contributed by atoms with Crippen molar-refractivity contribution in [2.24, 2.45) is 0 Å². The standard InChI is InChI=1S/C76H46/c1-3-17-49(18-4-1)67-45-69(54-34-36-63-71(44-54)58-30-14-10-24-52(58)42-73(63)61-32-16-26-48-22-8-12-28-56(48)61)74-46-68(50-19-5-2-6-20-50)65-38-37-59(64-39-40-66(67)76(74)75(64)65)53-33-35-62-70(43-53)57-29-13-9-23-51(57)41-72(62)60-31-15-25-47-21-7-11-27-55(47)60/h1-46H. The summed E-state index contributed by atoms with van der Waals surface area (Å²) in [4.78, 5) is 0. The maximum atomic E-state index is 2.50. The number of benzene rings is 16. The molecular formula is C76H46. The Hall–Kier alpha value is -9.88. The second-order valence-corrected chi connectivity index (χ2v) is 20.6. The largest absolute Gasteiger partial charge is 0.0622 e. The summed E-state index contributed by atoms with van der Waals surface area (Å²) >= 11 is 0. The SMILES string of the molecule is c1ccc(-c2cc3c(-c4ccc5c(-c6cccc7ccccc67)cc6ccccc6c5c4)cc(-c4ccccc4)c4ccc5c(-c6ccc7c(-c8cccc9ccccc89)cc8ccccc8c7c6)ccc2c5c43)cc1. The molecule has 0 amide bonds. The quantitative estimate of drug-likeness (QED) is 0.146. The van der Waals surface area contributed by atoms with Crippen LogP contribution in [0, 0.1) is 0 Å². The summed E-state index contributed by atoms with van der Waals surface area (Å²) in [6, 6.07) is 105. The number of hydrogen-bond donors (Lipinski definition) is 0. The fourth-order valence-electron chi connectivity index (χ4n) is 13.1. The molecule has 0 fully saturated rings. The molecule has 0 aromatic heterocycles. The van der Waals surface area contributed by atoms with Gasteiger partial charge in [0, 0.05) is 0 Å². The average Bonchev–Trinajstić information content (AvgIpc) is 3.56. The maximum absolute atomic E-state index is 2.50. The van der Waals surface area contributed by atoms with Crippen LogP contribution in [0.15, 0.2) is 279 Å². The Labute approximate surface area is 440 Å². The molecule has 0 spiro atoms. The van der Waals surface area contributed by atoms with Crippen molar-refractivity contribution in [3.05, 3.63) is 279 Å².